The van der Waals surface area contributed by atoms with E-state index in [0.717, 1.165) is 9.13 Å². The Morgan fingerprint density at radius 2 is 2.00 bits per heavy atom. The Kier molecular flexibility index (Phi) is 5.53. The molecule has 17 heavy (non-hydrogen) atoms. The van der Waals surface area contributed by atoms with Gasteiger partial charge in [-0.05, 0) is 59.2 Å². The summed E-state index contributed by atoms with van der Waals surface area (Å²) in [7, 11) is 0. The molecule has 1 atom stereocenters. The second kappa shape index (κ2) is 6.24. The van der Waals surface area contributed by atoms with Crippen molar-refractivity contribution < 1.29 is 13.2 Å². The van der Waals surface area contributed by atoms with Crippen LogP contribution in [0.4, 0.5) is 13.2 Å². The Hall–Kier alpha value is -0.0100. The lowest BCUT2D eigenvalue weighted by atomic mass is 10.0. The third-order valence-corrected chi connectivity index (χ3v) is 3.55. The zero-order chi connectivity index (χ0) is 13.1. The van der Waals surface area contributed by atoms with Gasteiger partial charge >= 0.3 is 6.18 Å². The van der Waals surface area contributed by atoms with E-state index in [1.165, 1.54) is 0 Å². The Bertz CT molecular complexity index is 381. The van der Waals surface area contributed by atoms with Gasteiger partial charge in [-0.3, -0.25) is 0 Å². The predicted molar refractivity (Wildman–Crippen MR) is 71.0 cm³/mol. The fourth-order valence-electron chi connectivity index (χ4n) is 1.48. The van der Waals surface area contributed by atoms with Crippen molar-refractivity contribution in [2.45, 2.75) is 31.5 Å². The van der Waals surface area contributed by atoms with E-state index in [0.29, 0.717) is 11.4 Å². The van der Waals surface area contributed by atoms with E-state index < -0.39 is 18.6 Å². The monoisotopic (exact) mass is 377 g/mol. The molecule has 0 spiro atoms. The quantitative estimate of drug-likeness (QED) is 0.758. The van der Waals surface area contributed by atoms with Crippen LogP contribution in [0.3, 0.4) is 0 Å². The zero-order valence-electron chi connectivity index (χ0n) is 8.90. The summed E-state index contributed by atoms with van der Waals surface area (Å²) in [6, 6.07) is 4.85. The molecule has 0 heterocycles. The van der Waals surface area contributed by atoms with Crippen molar-refractivity contribution in [3.05, 3.63) is 32.4 Å². The second-order valence-electron chi connectivity index (χ2n) is 3.78. The van der Waals surface area contributed by atoms with Crippen molar-refractivity contribution in [3.8, 4) is 0 Å². The molecule has 0 saturated heterocycles. The Balaban J connectivity index is 2.58. The summed E-state index contributed by atoms with van der Waals surface area (Å²) in [4.78, 5) is 0. The van der Waals surface area contributed by atoms with Crippen LogP contribution in [-0.2, 0) is 0 Å². The number of halogens is 5. The van der Waals surface area contributed by atoms with Crippen LogP contribution in [0.5, 0.6) is 0 Å². The van der Waals surface area contributed by atoms with E-state index >= 15 is 0 Å². The smallest absolute Gasteiger partial charge is 0.324 e. The molecule has 0 saturated carbocycles. The first-order chi connectivity index (χ1) is 7.79. The molecule has 1 unspecified atom stereocenters. The lowest BCUT2D eigenvalue weighted by Crippen LogP contribution is -2.14. The molecular weight excluding hydrogens is 365 g/mol. The molecule has 0 aliphatic carbocycles. The van der Waals surface area contributed by atoms with Crippen LogP contribution in [0.15, 0.2) is 18.2 Å². The Morgan fingerprint density at radius 3 is 2.59 bits per heavy atom. The van der Waals surface area contributed by atoms with Crippen molar-refractivity contribution in [1.82, 2.24) is 0 Å². The summed E-state index contributed by atoms with van der Waals surface area (Å²) < 4.78 is 36.9. The summed E-state index contributed by atoms with van der Waals surface area (Å²) in [5, 5.41) is 0.548. The summed E-state index contributed by atoms with van der Waals surface area (Å²) in [5.41, 5.74) is 6.67. The van der Waals surface area contributed by atoms with Crippen LogP contribution in [0, 0.1) is 3.57 Å². The highest BCUT2D eigenvalue weighted by atomic mass is 127. The predicted octanol–water partition coefficient (Wildman–Crippen LogP) is 4.68. The highest BCUT2D eigenvalue weighted by Crippen LogP contribution is 2.28. The van der Waals surface area contributed by atoms with Crippen molar-refractivity contribution >= 4 is 34.2 Å². The summed E-state index contributed by atoms with van der Waals surface area (Å²) in [5.74, 6) is 0. The molecule has 0 fully saturated rings. The standard InChI is InChI=1S/C11H12ClF3IN/c12-7-3-4-9(16)8(6-7)10(17)2-1-5-11(13,14)15/h3-4,6,10H,1-2,5,17H2. The fourth-order valence-corrected chi connectivity index (χ4v) is 2.39. The molecule has 6 heteroatoms. The maximum atomic E-state index is 12.0. The highest BCUT2D eigenvalue weighted by molar-refractivity contribution is 14.1. The first kappa shape index (κ1) is 15.0. The molecule has 0 bridgehead atoms. The van der Waals surface area contributed by atoms with Gasteiger partial charge in [-0.25, -0.2) is 0 Å². The highest BCUT2D eigenvalue weighted by Gasteiger charge is 2.26. The van der Waals surface area contributed by atoms with Gasteiger partial charge in [0.05, 0.1) is 0 Å². The van der Waals surface area contributed by atoms with Crippen molar-refractivity contribution in [3.63, 3.8) is 0 Å². The van der Waals surface area contributed by atoms with Crippen molar-refractivity contribution in [2.24, 2.45) is 5.73 Å². The molecule has 1 nitrogen and oxygen atoms in total. The van der Waals surface area contributed by atoms with E-state index in [-0.39, 0.29) is 6.42 Å². The van der Waals surface area contributed by atoms with Crippen LogP contribution in [0.1, 0.15) is 30.9 Å². The van der Waals surface area contributed by atoms with Crippen molar-refractivity contribution in [1.29, 1.82) is 0 Å². The normalized spacial score (nSPS) is 13.8. The van der Waals surface area contributed by atoms with Gasteiger partial charge in [-0.1, -0.05) is 11.6 Å². The van der Waals surface area contributed by atoms with Crippen LogP contribution in [-0.4, -0.2) is 6.18 Å². The summed E-state index contributed by atoms with van der Waals surface area (Å²) in [6.45, 7) is 0. The number of rotatable bonds is 4. The third-order valence-electron chi connectivity index (χ3n) is 2.33. The van der Waals surface area contributed by atoms with Gasteiger partial charge in [0.1, 0.15) is 0 Å². The number of nitrogens with two attached hydrogens (primary N) is 1. The van der Waals surface area contributed by atoms with E-state index in [1.807, 2.05) is 6.07 Å². The van der Waals surface area contributed by atoms with E-state index in [9.17, 15) is 13.2 Å². The number of alkyl halides is 3. The molecule has 2 N–H and O–H groups in total. The van der Waals surface area contributed by atoms with Gasteiger partial charge in [0, 0.05) is 21.1 Å². The first-order valence-corrected chi connectivity index (χ1v) is 6.52. The third kappa shape index (κ3) is 5.44. The molecule has 0 amide bonds. The van der Waals surface area contributed by atoms with Gasteiger partial charge in [0.25, 0.3) is 0 Å². The van der Waals surface area contributed by atoms with Crippen molar-refractivity contribution in [2.75, 3.05) is 0 Å². The van der Waals surface area contributed by atoms with Gasteiger partial charge in [0.2, 0.25) is 0 Å². The number of benzene rings is 1. The SMILES string of the molecule is NC(CCCC(F)(F)F)c1cc(Cl)ccc1I. The van der Waals surface area contributed by atoms with Crippen LogP contribution >= 0.6 is 34.2 Å². The topological polar surface area (TPSA) is 26.0 Å². The first-order valence-electron chi connectivity index (χ1n) is 5.07. The lowest BCUT2D eigenvalue weighted by Gasteiger charge is -2.15. The second-order valence-corrected chi connectivity index (χ2v) is 5.38. The van der Waals surface area contributed by atoms with Gasteiger partial charge in [-0.15, -0.1) is 0 Å². The molecule has 0 radical (unpaired) electrons. The average molecular weight is 378 g/mol. The Morgan fingerprint density at radius 1 is 1.35 bits per heavy atom. The van der Waals surface area contributed by atoms with E-state index in [1.54, 1.807) is 12.1 Å². The van der Waals surface area contributed by atoms with Gasteiger partial charge < -0.3 is 5.73 Å². The van der Waals surface area contributed by atoms with Crippen LogP contribution < -0.4 is 5.73 Å². The van der Waals surface area contributed by atoms with Crippen LogP contribution in [0.25, 0.3) is 0 Å². The maximum absolute atomic E-state index is 12.0. The van der Waals surface area contributed by atoms with Gasteiger partial charge in [0.15, 0.2) is 0 Å². The fraction of sp³-hybridized carbons (Fsp3) is 0.455. The molecule has 0 aliphatic heterocycles. The molecule has 0 aliphatic rings. The lowest BCUT2D eigenvalue weighted by molar-refractivity contribution is -0.135. The summed E-state index contributed by atoms with van der Waals surface area (Å²) in [6.07, 6.45) is -4.57. The molecular formula is C11H12ClF3IN. The van der Waals surface area contributed by atoms with Gasteiger partial charge in [-0.2, -0.15) is 13.2 Å². The molecule has 1 rings (SSSR count). The maximum Gasteiger partial charge on any atom is 0.389 e. The minimum Gasteiger partial charge on any atom is -0.324 e. The minimum atomic E-state index is -4.11. The molecule has 1 aromatic carbocycles. The zero-order valence-corrected chi connectivity index (χ0v) is 11.8. The molecule has 0 aromatic heterocycles. The summed E-state index contributed by atoms with van der Waals surface area (Å²) >= 11 is 7.93. The number of hydrogen-bond acceptors (Lipinski definition) is 1. The average Bonchev–Trinajstić information content (AvgIpc) is 2.19. The molecule has 1 aromatic rings. The Labute approximate surface area is 117 Å². The van der Waals surface area contributed by atoms with E-state index in [2.05, 4.69) is 22.6 Å². The number of hydrogen-bond donors (Lipinski definition) is 1. The van der Waals surface area contributed by atoms with Crippen LogP contribution in [0.2, 0.25) is 5.02 Å². The van der Waals surface area contributed by atoms with E-state index in [4.69, 9.17) is 17.3 Å². The molecule has 96 valence electrons. The largest absolute Gasteiger partial charge is 0.389 e. The minimum absolute atomic E-state index is 0.0350.